The van der Waals surface area contributed by atoms with Crippen molar-refractivity contribution < 1.29 is 0 Å². The summed E-state index contributed by atoms with van der Waals surface area (Å²) in [6.07, 6.45) is 2.28. The molecule has 6 rings (SSSR count). The zero-order valence-electron chi connectivity index (χ0n) is 22.4. The summed E-state index contributed by atoms with van der Waals surface area (Å²) in [6, 6.07) is 16.5. The Balaban J connectivity index is 1.45. The first-order valence-electron chi connectivity index (χ1n) is 13.4. The van der Waals surface area contributed by atoms with Crippen LogP contribution < -0.4 is 5.56 Å². The SMILES string of the molecule is Cc1ccccc1-c1nc2ccc(-c3nc(-c4sccc4Cl)cs3)cc2c(=O)n1CC1CCCN(C(C)C)C1. The number of likely N-dealkylation sites (tertiary alicyclic amines) is 1. The van der Waals surface area contributed by atoms with Gasteiger partial charge in [-0.1, -0.05) is 35.9 Å². The van der Waals surface area contributed by atoms with Crippen molar-refractivity contribution in [2.75, 3.05) is 13.1 Å². The maximum atomic E-state index is 14.2. The van der Waals surface area contributed by atoms with Crippen molar-refractivity contribution in [1.29, 1.82) is 0 Å². The molecule has 1 saturated heterocycles. The predicted octanol–water partition coefficient (Wildman–Crippen LogP) is 8.00. The van der Waals surface area contributed by atoms with Crippen molar-refractivity contribution >= 4 is 45.2 Å². The first-order valence-corrected chi connectivity index (χ1v) is 15.6. The second-order valence-electron chi connectivity index (χ2n) is 10.6. The quantitative estimate of drug-likeness (QED) is 0.206. The average molecular weight is 575 g/mol. The largest absolute Gasteiger partial charge is 0.301 e. The molecule has 5 aromatic rings. The lowest BCUT2D eigenvalue weighted by Gasteiger charge is -2.36. The number of thiophene rings is 1. The molecule has 0 spiro atoms. The summed E-state index contributed by atoms with van der Waals surface area (Å²) in [7, 11) is 0. The Morgan fingerprint density at radius 1 is 1.10 bits per heavy atom. The van der Waals surface area contributed by atoms with Gasteiger partial charge in [-0.05, 0) is 81.3 Å². The third kappa shape index (κ3) is 5.21. The highest BCUT2D eigenvalue weighted by Gasteiger charge is 2.25. The molecule has 0 saturated carbocycles. The fourth-order valence-electron chi connectivity index (χ4n) is 5.51. The molecule has 1 atom stereocenters. The molecule has 200 valence electrons. The van der Waals surface area contributed by atoms with E-state index >= 15 is 0 Å². The summed E-state index contributed by atoms with van der Waals surface area (Å²) < 4.78 is 1.93. The van der Waals surface area contributed by atoms with Gasteiger partial charge in [-0.2, -0.15) is 0 Å². The van der Waals surface area contributed by atoms with Gasteiger partial charge in [0.25, 0.3) is 5.56 Å². The molecular weight excluding hydrogens is 544 g/mol. The molecule has 8 heteroatoms. The lowest BCUT2D eigenvalue weighted by atomic mass is 9.96. The van der Waals surface area contributed by atoms with Crippen molar-refractivity contribution in [2.24, 2.45) is 5.92 Å². The summed E-state index contributed by atoms with van der Waals surface area (Å²) in [5, 5.41) is 6.21. The second-order valence-corrected chi connectivity index (χ2v) is 12.8. The number of fused-ring (bicyclic) bond motifs is 1. The molecule has 1 unspecified atom stereocenters. The van der Waals surface area contributed by atoms with Crippen molar-refractivity contribution in [1.82, 2.24) is 19.4 Å². The number of aromatic nitrogens is 3. The predicted molar refractivity (Wildman–Crippen MR) is 165 cm³/mol. The molecule has 0 radical (unpaired) electrons. The number of hydrogen-bond acceptors (Lipinski definition) is 6. The van der Waals surface area contributed by atoms with E-state index in [1.54, 1.807) is 22.7 Å². The highest BCUT2D eigenvalue weighted by atomic mass is 35.5. The van der Waals surface area contributed by atoms with E-state index in [0.717, 1.165) is 64.0 Å². The Labute approximate surface area is 241 Å². The molecular formula is C31H31ClN4OS2. The zero-order chi connectivity index (χ0) is 27.1. The van der Waals surface area contributed by atoms with Gasteiger partial charge in [0.2, 0.25) is 0 Å². The summed E-state index contributed by atoms with van der Waals surface area (Å²) >= 11 is 9.49. The van der Waals surface area contributed by atoms with Gasteiger partial charge in [0.1, 0.15) is 10.8 Å². The van der Waals surface area contributed by atoms with E-state index in [9.17, 15) is 4.79 Å². The first kappa shape index (κ1) is 26.4. The third-order valence-corrected chi connectivity index (χ3v) is 9.92. The van der Waals surface area contributed by atoms with Crippen molar-refractivity contribution in [3.63, 3.8) is 0 Å². The van der Waals surface area contributed by atoms with Gasteiger partial charge in [0.05, 0.1) is 26.5 Å². The standard InChI is InChI=1S/C31H31ClN4OS2/c1-19(2)35-13-6-8-21(16-35)17-36-29(23-9-5-4-7-20(23)3)33-26-11-10-22(15-24(26)31(36)37)30-34-27(18-39-30)28-25(32)12-14-38-28/h4-5,7,9-12,14-15,18-19,21H,6,8,13,16-17H2,1-3H3. The first-order chi connectivity index (χ1) is 18.9. The Morgan fingerprint density at radius 3 is 2.72 bits per heavy atom. The van der Waals surface area contributed by atoms with Crippen LogP contribution in [0.25, 0.3) is 43.4 Å². The minimum Gasteiger partial charge on any atom is -0.301 e. The van der Waals surface area contributed by atoms with Crippen molar-refractivity contribution in [3.05, 3.63) is 80.2 Å². The number of thiazole rings is 1. The summed E-state index contributed by atoms with van der Waals surface area (Å²) in [5.41, 5.74) is 4.64. The van der Waals surface area contributed by atoms with Crippen LogP contribution in [0.5, 0.6) is 0 Å². The van der Waals surface area contributed by atoms with E-state index in [-0.39, 0.29) is 5.56 Å². The van der Waals surface area contributed by atoms with Crippen LogP contribution in [0, 0.1) is 12.8 Å². The Morgan fingerprint density at radius 2 is 1.95 bits per heavy atom. The minimum atomic E-state index is 0.0138. The second kappa shape index (κ2) is 11.0. The number of aryl methyl sites for hydroxylation is 1. The van der Waals surface area contributed by atoms with E-state index in [2.05, 4.69) is 37.8 Å². The number of hydrogen-bond donors (Lipinski definition) is 0. The van der Waals surface area contributed by atoms with Gasteiger partial charge < -0.3 is 4.90 Å². The normalized spacial score (nSPS) is 16.4. The Hall–Kier alpha value is -2.84. The topological polar surface area (TPSA) is 51.0 Å². The summed E-state index contributed by atoms with van der Waals surface area (Å²) in [6.45, 7) is 9.38. The molecule has 1 aliphatic rings. The number of halogens is 1. The summed E-state index contributed by atoms with van der Waals surface area (Å²) in [5.74, 6) is 1.16. The molecule has 3 aromatic heterocycles. The molecule has 1 fully saturated rings. The van der Waals surface area contributed by atoms with Crippen molar-refractivity contribution in [3.8, 4) is 32.5 Å². The van der Waals surface area contributed by atoms with Gasteiger partial charge >= 0.3 is 0 Å². The van der Waals surface area contributed by atoms with E-state index in [1.807, 2.05) is 51.7 Å². The fourth-order valence-corrected chi connectivity index (χ4v) is 7.51. The molecule has 0 aliphatic carbocycles. The molecule has 0 bridgehead atoms. The zero-order valence-corrected chi connectivity index (χ0v) is 24.7. The molecule has 1 aliphatic heterocycles. The Kier molecular flexibility index (Phi) is 7.42. The van der Waals surface area contributed by atoms with Gasteiger partial charge in [-0.25, -0.2) is 9.97 Å². The maximum Gasteiger partial charge on any atom is 0.261 e. The minimum absolute atomic E-state index is 0.0138. The van der Waals surface area contributed by atoms with Crippen LogP contribution in [0.15, 0.2) is 64.1 Å². The number of piperidine rings is 1. The van der Waals surface area contributed by atoms with Crippen LogP contribution >= 0.6 is 34.3 Å². The van der Waals surface area contributed by atoms with Crippen LogP contribution in [0.3, 0.4) is 0 Å². The molecule has 5 nitrogen and oxygen atoms in total. The van der Waals surface area contributed by atoms with Crippen LogP contribution in [-0.4, -0.2) is 38.6 Å². The van der Waals surface area contributed by atoms with Gasteiger partial charge in [-0.15, -0.1) is 22.7 Å². The fraction of sp³-hybridized carbons (Fsp3) is 0.323. The summed E-state index contributed by atoms with van der Waals surface area (Å²) in [4.78, 5) is 27.7. The molecule has 0 amide bonds. The van der Waals surface area contributed by atoms with Gasteiger partial charge in [0, 0.05) is 35.6 Å². The molecule has 0 N–H and O–H groups in total. The third-order valence-electron chi connectivity index (χ3n) is 7.66. The maximum absolute atomic E-state index is 14.2. The van der Waals surface area contributed by atoms with E-state index in [0.29, 0.717) is 34.4 Å². The van der Waals surface area contributed by atoms with Crippen LogP contribution in [0.2, 0.25) is 5.02 Å². The van der Waals surface area contributed by atoms with Gasteiger partial charge in [0.15, 0.2) is 0 Å². The van der Waals surface area contributed by atoms with E-state index < -0.39 is 0 Å². The number of nitrogens with zero attached hydrogens (tertiary/aromatic N) is 4. The monoisotopic (exact) mass is 574 g/mol. The van der Waals surface area contributed by atoms with Crippen LogP contribution in [-0.2, 0) is 6.54 Å². The Bertz CT molecular complexity index is 1700. The van der Waals surface area contributed by atoms with E-state index in [4.69, 9.17) is 21.6 Å². The molecule has 39 heavy (non-hydrogen) atoms. The average Bonchev–Trinajstić information content (AvgIpc) is 3.59. The molecule has 4 heterocycles. The molecule has 2 aromatic carbocycles. The highest BCUT2D eigenvalue weighted by Crippen LogP contribution is 2.36. The number of rotatable bonds is 6. The van der Waals surface area contributed by atoms with Crippen LogP contribution in [0.4, 0.5) is 0 Å². The van der Waals surface area contributed by atoms with Crippen molar-refractivity contribution in [2.45, 2.75) is 46.2 Å². The van der Waals surface area contributed by atoms with Crippen LogP contribution in [0.1, 0.15) is 32.3 Å². The van der Waals surface area contributed by atoms with Gasteiger partial charge in [-0.3, -0.25) is 9.36 Å². The lowest BCUT2D eigenvalue weighted by Crippen LogP contribution is -2.42. The number of benzene rings is 2. The van der Waals surface area contributed by atoms with E-state index in [1.165, 1.54) is 0 Å². The lowest BCUT2D eigenvalue weighted by molar-refractivity contribution is 0.130. The highest BCUT2D eigenvalue weighted by molar-refractivity contribution is 7.16. The smallest absolute Gasteiger partial charge is 0.261 e.